The number of rotatable bonds is 3. The van der Waals surface area contributed by atoms with Crippen LogP contribution in [0.15, 0.2) is 18.2 Å². The number of para-hydroxylation sites is 1. The average Bonchev–Trinajstić information content (AvgIpc) is 2.81. The Morgan fingerprint density at radius 1 is 1.53 bits per heavy atom. The van der Waals surface area contributed by atoms with Crippen LogP contribution in [0.5, 0.6) is 0 Å². The van der Waals surface area contributed by atoms with Gasteiger partial charge in [-0.15, -0.1) is 0 Å². The number of benzene rings is 1. The highest BCUT2D eigenvalue weighted by Gasteiger charge is 2.25. The van der Waals surface area contributed by atoms with Crippen molar-refractivity contribution in [3.63, 3.8) is 0 Å². The Morgan fingerprint density at radius 2 is 2.29 bits per heavy atom. The molecule has 1 aliphatic rings. The van der Waals surface area contributed by atoms with E-state index in [9.17, 15) is 4.39 Å². The van der Waals surface area contributed by atoms with E-state index in [4.69, 9.17) is 10.5 Å². The van der Waals surface area contributed by atoms with Crippen LogP contribution in [0.4, 0.5) is 10.1 Å². The lowest BCUT2D eigenvalue weighted by atomic mass is 10.0. The Labute approximate surface area is 101 Å². The maximum atomic E-state index is 14.0. The lowest BCUT2D eigenvalue weighted by Crippen LogP contribution is -2.33. The quantitative estimate of drug-likeness (QED) is 0.876. The van der Waals surface area contributed by atoms with Crippen LogP contribution in [0.2, 0.25) is 0 Å². The molecule has 0 bridgehead atoms. The number of ether oxygens (including phenoxy) is 1. The number of hydrogen-bond donors (Lipinski definition) is 1. The Bertz CT molecular complexity index is 389. The second kappa shape index (κ2) is 5.02. The van der Waals surface area contributed by atoms with Gasteiger partial charge in [-0.25, -0.2) is 4.39 Å². The molecule has 1 fully saturated rings. The number of nitrogens with two attached hydrogens (primary N) is 1. The lowest BCUT2D eigenvalue weighted by Gasteiger charge is -2.29. The van der Waals surface area contributed by atoms with Gasteiger partial charge in [0.15, 0.2) is 0 Å². The highest BCUT2D eigenvalue weighted by Crippen LogP contribution is 2.30. The van der Waals surface area contributed by atoms with E-state index < -0.39 is 0 Å². The Kier molecular flexibility index (Phi) is 3.64. The first kappa shape index (κ1) is 12.3. The van der Waals surface area contributed by atoms with Crippen LogP contribution in [-0.4, -0.2) is 26.3 Å². The van der Waals surface area contributed by atoms with Gasteiger partial charge in [-0.3, -0.25) is 0 Å². The molecule has 0 amide bonds. The highest BCUT2D eigenvalue weighted by atomic mass is 19.1. The van der Waals surface area contributed by atoms with E-state index in [2.05, 4.69) is 0 Å². The van der Waals surface area contributed by atoms with Gasteiger partial charge in [0, 0.05) is 19.7 Å². The first-order chi connectivity index (χ1) is 8.11. The SMILES string of the molecule is C[C@@H](N)c1cccc(F)c1N(C)C1CCOC1. The third-order valence-corrected chi connectivity index (χ3v) is 3.31. The largest absolute Gasteiger partial charge is 0.379 e. The highest BCUT2D eigenvalue weighted by molar-refractivity contribution is 5.56. The zero-order chi connectivity index (χ0) is 12.4. The molecule has 1 aliphatic heterocycles. The van der Waals surface area contributed by atoms with E-state index in [1.54, 1.807) is 6.07 Å². The van der Waals surface area contributed by atoms with Gasteiger partial charge in [0.25, 0.3) is 0 Å². The molecule has 0 spiro atoms. The zero-order valence-corrected chi connectivity index (χ0v) is 10.3. The van der Waals surface area contributed by atoms with Crippen molar-refractivity contribution in [3.8, 4) is 0 Å². The van der Waals surface area contributed by atoms with Crippen LogP contribution >= 0.6 is 0 Å². The summed E-state index contributed by atoms with van der Waals surface area (Å²) in [6.07, 6.45) is 0.934. The molecule has 0 radical (unpaired) electrons. The Balaban J connectivity index is 2.35. The van der Waals surface area contributed by atoms with Crippen molar-refractivity contribution < 1.29 is 9.13 Å². The molecule has 94 valence electrons. The fraction of sp³-hybridized carbons (Fsp3) is 0.538. The summed E-state index contributed by atoms with van der Waals surface area (Å²) < 4.78 is 19.3. The van der Waals surface area contributed by atoms with Crippen LogP contribution in [0.1, 0.15) is 24.9 Å². The topological polar surface area (TPSA) is 38.5 Å². The normalized spacial score (nSPS) is 21.5. The average molecular weight is 238 g/mol. The number of anilines is 1. The summed E-state index contributed by atoms with van der Waals surface area (Å²) in [5.74, 6) is -0.214. The van der Waals surface area contributed by atoms with Crippen LogP contribution in [0.3, 0.4) is 0 Å². The predicted molar refractivity (Wildman–Crippen MR) is 66.6 cm³/mol. The third-order valence-electron chi connectivity index (χ3n) is 3.31. The molecular formula is C13H19FN2O. The third kappa shape index (κ3) is 2.42. The van der Waals surface area contributed by atoms with E-state index in [1.165, 1.54) is 6.07 Å². The van der Waals surface area contributed by atoms with Crippen LogP contribution in [0.25, 0.3) is 0 Å². The number of hydrogen-bond acceptors (Lipinski definition) is 3. The van der Waals surface area contributed by atoms with Gasteiger partial charge in [-0.05, 0) is 25.0 Å². The number of likely N-dealkylation sites (N-methyl/N-ethyl adjacent to an activating group) is 1. The smallest absolute Gasteiger partial charge is 0.146 e. The van der Waals surface area contributed by atoms with Gasteiger partial charge in [-0.1, -0.05) is 12.1 Å². The first-order valence-electron chi connectivity index (χ1n) is 5.96. The second-order valence-electron chi connectivity index (χ2n) is 4.59. The van der Waals surface area contributed by atoms with E-state index in [1.807, 2.05) is 24.9 Å². The predicted octanol–water partition coefficient (Wildman–Crippen LogP) is 2.07. The van der Waals surface area contributed by atoms with Crippen molar-refractivity contribution in [1.29, 1.82) is 0 Å². The van der Waals surface area contributed by atoms with Crippen molar-refractivity contribution in [2.75, 3.05) is 25.2 Å². The summed E-state index contributed by atoms with van der Waals surface area (Å²) in [6, 6.07) is 5.13. The van der Waals surface area contributed by atoms with Gasteiger partial charge in [0.1, 0.15) is 5.82 Å². The summed E-state index contributed by atoms with van der Waals surface area (Å²) in [5.41, 5.74) is 7.35. The van der Waals surface area contributed by atoms with E-state index in [0.717, 1.165) is 18.6 Å². The molecule has 3 nitrogen and oxygen atoms in total. The molecule has 4 heteroatoms. The maximum Gasteiger partial charge on any atom is 0.146 e. The van der Waals surface area contributed by atoms with Gasteiger partial charge in [0.05, 0.1) is 18.3 Å². The molecular weight excluding hydrogens is 219 g/mol. The van der Waals surface area contributed by atoms with Gasteiger partial charge in [-0.2, -0.15) is 0 Å². The van der Waals surface area contributed by atoms with Crippen LogP contribution < -0.4 is 10.6 Å². The van der Waals surface area contributed by atoms with E-state index in [-0.39, 0.29) is 17.9 Å². The van der Waals surface area contributed by atoms with Gasteiger partial charge in [0.2, 0.25) is 0 Å². The lowest BCUT2D eigenvalue weighted by molar-refractivity contribution is 0.193. The summed E-state index contributed by atoms with van der Waals surface area (Å²) in [5, 5.41) is 0. The van der Waals surface area contributed by atoms with Gasteiger partial charge >= 0.3 is 0 Å². The Hall–Kier alpha value is -1.13. The molecule has 1 saturated heterocycles. The molecule has 17 heavy (non-hydrogen) atoms. The summed E-state index contributed by atoms with van der Waals surface area (Å²) in [7, 11) is 1.91. The van der Waals surface area contributed by atoms with Crippen LogP contribution in [-0.2, 0) is 4.74 Å². The van der Waals surface area contributed by atoms with Gasteiger partial charge < -0.3 is 15.4 Å². The zero-order valence-electron chi connectivity index (χ0n) is 10.3. The van der Waals surface area contributed by atoms with Crippen LogP contribution in [0, 0.1) is 5.82 Å². The summed E-state index contributed by atoms with van der Waals surface area (Å²) in [6.45, 7) is 3.28. The monoisotopic (exact) mass is 238 g/mol. The molecule has 1 aromatic carbocycles. The number of halogens is 1. The van der Waals surface area contributed by atoms with Crippen molar-refractivity contribution in [2.45, 2.75) is 25.4 Å². The molecule has 1 heterocycles. The minimum Gasteiger partial charge on any atom is -0.379 e. The minimum absolute atomic E-state index is 0.175. The molecule has 2 N–H and O–H groups in total. The second-order valence-corrected chi connectivity index (χ2v) is 4.59. The number of nitrogens with zero attached hydrogens (tertiary/aromatic N) is 1. The molecule has 1 aromatic rings. The fourth-order valence-electron chi connectivity index (χ4n) is 2.28. The summed E-state index contributed by atoms with van der Waals surface area (Å²) >= 11 is 0. The van der Waals surface area contributed by atoms with E-state index >= 15 is 0 Å². The van der Waals surface area contributed by atoms with E-state index in [0.29, 0.717) is 12.3 Å². The molecule has 1 unspecified atom stereocenters. The van der Waals surface area contributed by atoms with Crippen molar-refractivity contribution in [2.24, 2.45) is 5.73 Å². The Morgan fingerprint density at radius 3 is 2.88 bits per heavy atom. The molecule has 2 atom stereocenters. The first-order valence-corrected chi connectivity index (χ1v) is 5.96. The van der Waals surface area contributed by atoms with Crippen molar-refractivity contribution in [1.82, 2.24) is 0 Å². The standard InChI is InChI=1S/C13H19FN2O/c1-9(15)11-4-3-5-12(14)13(11)16(2)10-6-7-17-8-10/h3-5,9-10H,6-8,15H2,1-2H3/t9-,10?/m1/s1. The maximum absolute atomic E-state index is 14.0. The molecule has 0 saturated carbocycles. The van der Waals surface area contributed by atoms with Crippen molar-refractivity contribution in [3.05, 3.63) is 29.6 Å². The van der Waals surface area contributed by atoms with Crippen molar-refractivity contribution >= 4 is 5.69 Å². The molecule has 0 aliphatic carbocycles. The minimum atomic E-state index is -0.214. The molecule has 2 rings (SSSR count). The fourth-order valence-corrected chi connectivity index (χ4v) is 2.28. The summed E-state index contributed by atoms with van der Waals surface area (Å²) in [4.78, 5) is 1.96. The molecule has 0 aromatic heterocycles.